The van der Waals surface area contributed by atoms with Crippen LogP contribution in [-0.2, 0) is 11.8 Å². The summed E-state index contributed by atoms with van der Waals surface area (Å²) in [5.74, 6) is -0.0677. The highest BCUT2D eigenvalue weighted by atomic mass is 32.2. The van der Waals surface area contributed by atoms with Gasteiger partial charge in [0.25, 0.3) is 5.91 Å². The number of nitrogens with one attached hydrogen (secondary N) is 1. The van der Waals surface area contributed by atoms with Crippen molar-refractivity contribution in [2.24, 2.45) is 13.0 Å². The second-order valence-electron chi connectivity index (χ2n) is 8.43. The first-order valence-corrected chi connectivity index (χ1v) is 12.1. The van der Waals surface area contributed by atoms with Gasteiger partial charge in [0.05, 0.1) is 0 Å². The summed E-state index contributed by atoms with van der Waals surface area (Å²) in [6.07, 6.45) is 2.97. The number of hydrogen-bond acceptors (Lipinski definition) is 5. The van der Waals surface area contributed by atoms with Crippen molar-refractivity contribution in [3.8, 4) is 0 Å². The van der Waals surface area contributed by atoms with E-state index in [9.17, 15) is 9.59 Å². The number of aryl methyl sites for hydroxylation is 1. The number of benzene rings is 3. The zero-order valence-electron chi connectivity index (χ0n) is 18.8. The molecule has 0 aliphatic carbocycles. The fourth-order valence-electron chi connectivity index (χ4n) is 4.25. The average Bonchev–Trinajstić information content (AvgIpc) is 3.28. The Balaban J connectivity index is 1.17. The van der Waals surface area contributed by atoms with E-state index in [0.717, 1.165) is 32.1 Å². The van der Waals surface area contributed by atoms with Crippen LogP contribution in [-0.4, -0.2) is 44.6 Å². The first kappa shape index (κ1) is 22.2. The van der Waals surface area contributed by atoms with Crippen LogP contribution in [0.3, 0.4) is 0 Å². The summed E-state index contributed by atoms with van der Waals surface area (Å²) >= 11 is 1.52. The van der Waals surface area contributed by atoms with E-state index in [-0.39, 0.29) is 17.7 Å². The smallest absolute Gasteiger partial charge is 0.254 e. The van der Waals surface area contributed by atoms with E-state index in [1.54, 1.807) is 6.33 Å². The Morgan fingerprint density at radius 3 is 2.44 bits per heavy atom. The minimum absolute atomic E-state index is 0.00552. The molecule has 4 aromatic rings. The predicted octanol–water partition coefficient (Wildman–Crippen LogP) is 4.61. The molecule has 0 spiro atoms. The molecule has 34 heavy (non-hydrogen) atoms. The number of carbonyl (C=O) groups is 2. The number of hydrogen-bond donors (Lipinski definition) is 1. The molecule has 7 nitrogen and oxygen atoms in total. The van der Waals surface area contributed by atoms with Crippen molar-refractivity contribution in [3.63, 3.8) is 0 Å². The van der Waals surface area contributed by atoms with E-state index >= 15 is 0 Å². The molecule has 1 aliphatic heterocycles. The second-order valence-corrected chi connectivity index (χ2v) is 9.47. The van der Waals surface area contributed by atoms with Gasteiger partial charge in [-0.15, -0.1) is 10.2 Å². The lowest BCUT2D eigenvalue weighted by Gasteiger charge is -2.31. The van der Waals surface area contributed by atoms with E-state index in [0.29, 0.717) is 25.9 Å². The molecule has 0 unspecified atom stereocenters. The highest BCUT2D eigenvalue weighted by Gasteiger charge is 2.28. The SMILES string of the molecule is Cn1cnnc1Sc1ccc(NC(=O)C2CCN(C(=O)c3cccc4ccccc34)CC2)cc1. The van der Waals surface area contributed by atoms with Gasteiger partial charge in [-0.25, -0.2) is 0 Å². The lowest BCUT2D eigenvalue weighted by molar-refractivity contribution is -0.121. The Bertz CT molecular complexity index is 1320. The summed E-state index contributed by atoms with van der Waals surface area (Å²) in [4.78, 5) is 28.9. The van der Waals surface area contributed by atoms with Gasteiger partial charge in [-0.2, -0.15) is 0 Å². The summed E-state index contributed by atoms with van der Waals surface area (Å²) in [5, 5.41) is 13.8. The molecule has 1 aliphatic rings. The fraction of sp³-hybridized carbons (Fsp3) is 0.231. The molecule has 2 heterocycles. The average molecular weight is 472 g/mol. The van der Waals surface area contributed by atoms with Gasteiger partial charge >= 0.3 is 0 Å². The minimum atomic E-state index is -0.107. The van der Waals surface area contributed by atoms with E-state index in [4.69, 9.17) is 0 Å². The van der Waals surface area contributed by atoms with Gasteiger partial charge in [-0.05, 0) is 65.7 Å². The number of fused-ring (bicyclic) bond motifs is 1. The number of anilines is 1. The van der Waals surface area contributed by atoms with Crippen LogP contribution in [0, 0.1) is 5.92 Å². The van der Waals surface area contributed by atoms with Crippen LogP contribution in [0.5, 0.6) is 0 Å². The molecule has 0 saturated carbocycles. The van der Waals surface area contributed by atoms with E-state index in [1.807, 2.05) is 83.2 Å². The van der Waals surface area contributed by atoms with Gasteiger partial charge in [0.15, 0.2) is 5.16 Å². The Hall–Kier alpha value is -3.65. The van der Waals surface area contributed by atoms with Crippen molar-refractivity contribution in [1.29, 1.82) is 0 Å². The minimum Gasteiger partial charge on any atom is -0.339 e. The third kappa shape index (κ3) is 4.68. The monoisotopic (exact) mass is 471 g/mol. The lowest BCUT2D eigenvalue weighted by Crippen LogP contribution is -2.41. The molecule has 1 fully saturated rings. The number of carbonyl (C=O) groups excluding carboxylic acids is 2. The van der Waals surface area contributed by atoms with Crippen LogP contribution in [0.1, 0.15) is 23.2 Å². The van der Waals surface area contributed by atoms with Crippen LogP contribution >= 0.6 is 11.8 Å². The molecule has 0 bridgehead atoms. The molecule has 1 saturated heterocycles. The summed E-state index contributed by atoms with van der Waals surface area (Å²) in [6.45, 7) is 1.15. The summed E-state index contributed by atoms with van der Waals surface area (Å²) < 4.78 is 1.86. The van der Waals surface area contributed by atoms with E-state index in [2.05, 4.69) is 15.5 Å². The lowest BCUT2D eigenvalue weighted by atomic mass is 9.94. The Morgan fingerprint density at radius 2 is 1.71 bits per heavy atom. The third-order valence-corrected chi connectivity index (χ3v) is 7.23. The highest BCUT2D eigenvalue weighted by molar-refractivity contribution is 7.99. The molecular weight excluding hydrogens is 446 g/mol. The predicted molar refractivity (Wildman–Crippen MR) is 133 cm³/mol. The zero-order valence-corrected chi connectivity index (χ0v) is 19.7. The first-order chi connectivity index (χ1) is 16.6. The standard InChI is InChI=1S/C26H25N5O2S/c1-30-17-27-29-26(30)34-21-11-9-20(10-12-21)28-24(32)19-13-15-31(16-14-19)25(33)23-8-4-6-18-5-2-3-7-22(18)23/h2-12,17,19H,13-16H2,1H3,(H,28,32). The van der Waals surface area contributed by atoms with Crippen LogP contribution in [0.15, 0.2) is 83.1 Å². The molecule has 8 heteroatoms. The number of nitrogens with zero attached hydrogens (tertiary/aromatic N) is 4. The van der Waals surface area contributed by atoms with E-state index < -0.39 is 0 Å². The molecule has 5 rings (SSSR count). The molecule has 2 amide bonds. The maximum atomic E-state index is 13.2. The van der Waals surface area contributed by atoms with Crippen molar-refractivity contribution < 1.29 is 9.59 Å². The van der Waals surface area contributed by atoms with Crippen molar-refractivity contribution in [2.45, 2.75) is 22.9 Å². The van der Waals surface area contributed by atoms with Crippen molar-refractivity contribution in [3.05, 3.63) is 78.6 Å². The van der Waals surface area contributed by atoms with Gasteiger partial charge in [0, 0.05) is 42.2 Å². The zero-order chi connectivity index (χ0) is 23.5. The Labute approximate surface area is 202 Å². The first-order valence-electron chi connectivity index (χ1n) is 11.3. The van der Waals surface area contributed by atoms with E-state index in [1.165, 1.54) is 11.8 Å². The maximum absolute atomic E-state index is 13.2. The largest absolute Gasteiger partial charge is 0.339 e. The normalized spacial score (nSPS) is 14.3. The van der Waals surface area contributed by atoms with Gasteiger partial charge in [-0.3, -0.25) is 9.59 Å². The molecule has 1 aromatic heterocycles. The van der Waals surface area contributed by atoms with Crippen LogP contribution in [0.2, 0.25) is 0 Å². The van der Waals surface area contributed by atoms with Gasteiger partial charge in [0.1, 0.15) is 6.33 Å². The third-order valence-electron chi connectivity index (χ3n) is 6.17. The van der Waals surface area contributed by atoms with Gasteiger partial charge < -0.3 is 14.8 Å². The van der Waals surface area contributed by atoms with Crippen LogP contribution < -0.4 is 5.32 Å². The van der Waals surface area contributed by atoms with Crippen molar-refractivity contribution in [1.82, 2.24) is 19.7 Å². The maximum Gasteiger partial charge on any atom is 0.254 e. The molecular formula is C26H25N5O2S. The Kier molecular flexibility index (Phi) is 6.31. The topological polar surface area (TPSA) is 80.1 Å². The number of likely N-dealkylation sites (tertiary alicyclic amines) is 1. The molecule has 172 valence electrons. The molecule has 3 aromatic carbocycles. The van der Waals surface area contributed by atoms with Crippen molar-refractivity contribution in [2.75, 3.05) is 18.4 Å². The molecule has 0 radical (unpaired) electrons. The van der Waals surface area contributed by atoms with Crippen molar-refractivity contribution >= 4 is 40.0 Å². The Morgan fingerprint density at radius 1 is 0.971 bits per heavy atom. The van der Waals surface area contributed by atoms with Gasteiger partial charge in [-0.1, -0.05) is 36.4 Å². The number of aromatic nitrogens is 3. The molecule has 0 atom stereocenters. The summed E-state index contributed by atoms with van der Waals surface area (Å²) in [6, 6.07) is 21.5. The number of piperidine rings is 1. The van der Waals surface area contributed by atoms with Crippen LogP contribution in [0.25, 0.3) is 10.8 Å². The number of rotatable bonds is 5. The molecule has 1 N–H and O–H groups in total. The second kappa shape index (κ2) is 9.69. The quantitative estimate of drug-likeness (QED) is 0.460. The fourth-order valence-corrected chi connectivity index (χ4v) is 5.01. The van der Waals surface area contributed by atoms with Gasteiger partial charge in [0.2, 0.25) is 5.91 Å². The number of amides is 2. The summed E-state index contributed by atoms with van der Waals surface area (Å²) in [5.41, 5.74) is 1.49. The highest BCUT2D eigenvalue weighted by Crippen LogP contribution is 2.28. The summed E-state index contributed by atoms with van der Waals surface area (Å²) in [7, 11) is 1.90. The van der Waals surface area contributed by atoms with Crippen LogP contribution in [0.4, 0.5) is 5.69 Å².